The topological polar surface area (TPSA) is 220 Å². The van der Waals surface area contributed by atoms with Crippen LogP contribution in [0.25, 0.3) is 11.6 Å². The number of carboxylic acid groups (broad SMARTS) is 2. The maximum atomic E-state index is 15.0. The second kappa shape index (κ2) is 14.3. The molecule has 4 N–H and O–H groups in total. The number of hydrogen-bond donors (Lipinski definition) is 4. The zero-order valence-electron chi connectivity index (χ0n) is 25.8. The first-order valence-corrected chi connectivity index (χ1v) is 14.8. The van der Waals surface area contributed by atoms with Crippen LogP contribution in [0.1, 0.15) is 59.2 Å². The van der Waals surface area contributed by atoms with Crippen molar-refractivity contribution in [1.82, 2.24) is 39.5 Å². The number of rotatable bonds is 12. The average Bonchev–Trinajstić information content (AvgIpc) is 3.85. The van der Waals surface area contributed by atoms with E-state index in [0.717, 1.165) is 6.07 Å². The van der Waals surface area contributed by atoms with E-state index < -0.39 is 35.1 Å². The van der Waals surface area contributed by atoms with Gasteiger partial charge in [-0.25, -0.2) is 23.9 Å². The Labute approximate surface area is 281 Å². The van der Waals surface area contributed by atoms with Crippen molar-refractivity contribution in [1.29, 1.82) is 0 Å². The van der Waals surface area contributed by atoms with E-state index in [4.69, 9.17) is 0 Å². The van der Waals surface area contributed by atoms with E-state index in [1.807, 2.05) is 0 Å². The Balaban J connectivity index is 1.13. The van der Waals surface area contributed by atoms with Crippen molar-refractivity contribution in [3.63, 3.8) is 0 Å². The van der Waals surface area contributed by atoms with Crippen molar-refractivity contribution in [3.8, 4) is 11.6 Å². The molecule has 0 saturated heterocycles. The van der Waals surface area contributed by atoms with Crippen molar-refractivity contribution in [2.45, 2.75) is 19.3 Å². The first-order chi connectivity index (χ1) is 24.2. The number of aromatic carboxylic acids is 2. The summed E-state index contributed by atoms with van der Waals surface area (Å²) >= 11 is 0. The van der Waals surface area contributed by atoms with Crippen LogP contribution in [-0.4, -0.2) is 73.5 Å². The fourth-order valence-corrected chi connectivity index (χ4v) is 4.94. The highest BCUT2D eigenvalue weighted by Crippen LogP contribution is 2.25. The van der Waals surface area contributed by atoms with Gasteiger partial charge in [0.15, 0.2) is 23.0 Å². The van der Waals surface area contributed by atoms with Crippen LogP contribution in [0, 0.1) is 5.82 Å². The second-order valence-electron chi connectivity index (χ2n) is 10.7. The summed E-state index contributed by atoms with van der Waals surface area (Å²) in [5.41, 5.74) is -0.0596. The summed E-state index contributed by atoms with van der Waals surface area (Å²) in [7, 11) is 0. The smallest absolute Gasteiger partial charge is 0.337 e. The highest BCUT2D eigenvalue weighted by atomic mass is 19.1. The predicted octanol–water partition coefficient (Wildman–Crippen LogP) is 3.85. The molecule has 0 unspecified atom stereocenters. The Morgan fingerprint density at radius 3 is 1.70 bits per heavy atom. The molecule has 0 aliphatic heterocycles. The summed E-state index contributed by atoms with van der Waals surface area (Å²) in [6, 6.07) is 12.5. The van der Waals surface area contributed by atoms with Crippen molar-refractivity contribution >= 4 is 35.1 Å². The molecule has 0 aliphatic carbocycles. The molecule has 50 heavy (non-hydrogen) atoms. The van der Waals surface area contributed by atoms with Gasteiger partial charge in [-0.3, -0.25) is 18.7 Å². The molecule has 6 rings (SSSR count). The lowest BCUT2D eigenvalue weighted by Crippen LogP contribution is -2.18. The number of carbonyl (C=O) groups is 4. The molecule has 2 amide bonds. The van der Waals surface area contributed by atoms with E-state index in [9.17, 15) is 29.4 Å². The maximum absolute atomic E-state index is 15.0. The van der Waals surface area contributed by atoms with Gasteiger partial charge >= 0.3 is 11.9 Å². The van der Waals surface area contributed by atoms with Crippen LogP contribution in [0.4, 0.5) is 15.8 Å². The molecule has 250 valence electrons. The Hall–Kier alpha value is -7.17. The number of nitrogens with zero attached hydrogens (tertiary/aromatic N) is 8. The molecule has 0 bridgehead atoms. The van der Waals surface area contributed by atoms with Crippen molar-refractivity contribution in [3.05, 3.63) is 131 Å². The molecule has 0 saturated carbocycles. The number of imidazole rings is 2. The van der Waals surface area contributed by atoms with E-state index >= 15 is 4.39 Å². The number of hydrogen-bond acceptors (Lipinski definition) is 10. The molecule has 0 radical (unpaired) electrons. The van der Waals surface area contributed by atoms with Gasteiger partial charge in [-0.2, -0.15) is 0 Å². The summed E-state index contributed by atoms with van der Waals surface area (Å²) in [6.07, 6.45) is 10.3. The Bertz CT molecular complexity index is 2190. The molecular formula is C33H25FN10O6. The highest BCUT2D eigenvalue weighted by Gasteiger charge is 2.20. The summed E-state index contributed by atoms with van der Waals surface area (Å²) < 4.78 is 18.2. The number of halogens is 1. The Kier molecular flexibility index (Phi) is 9.37. The first-order valence-electron chi connectivity index (χ1n) is 14.8. The molecule has 17 heteroatoms. The standard InChI is InChI=1S/C33H25FN10O6/c34-23-16-22(33(49)50)27(38-31(46)25-7-9-29(42-40-25)44-13-11-36-18-44)15-20(23)3-1-2-19-4-5-21(32(47)48)26(14-19)37-30(45)24-6-8-28(41-39-24)43-12-10-35-17-43/h4-18H,1-3H2,(H,37,45)(H,38,46)(H,47,48)(H,49,50). The predicted molar refractivity (Wildman–Crippen MR) is 173 cm³/mol. The summed E-state index contributed by atoms with van der Waals surface area (Å²) in [5.74, 6) is -4.06. The number of aryl methyl sites for hydroxylation is 2. The van der Waals surface area contributed by atoms with Gasteiger partial charge in [0.2, 0.25) is 0 Å². The largest absolute Gasteiger partial charge is 0.478 e. The van der Waals surface area contributed by atoms with E-state index in [1.165, 1.54) is 49.1 Å². The SMILES string of the molecule is O=C(Nc1cc(CCCc2cc(NC(=O)c3ccc(-n4ccnc4)nn3)c(C(=O)O)cc2F)ccc1C(=O)O)c1ccc(-n2ccnc2)nn1. The van der Waals surface area contributed by atoms with Gasteiger partial charge in [0.05, 0.1) is 22.5 Å². The fraction of sp³-hybridized carbons (Fsp3) is 0.0909. The molecule has 0 aliphatic rings. The highest BCUT2D eigenvalue weighted by molar-refractivity contribution is 6.07. The third kappa shape index (κ3) is 7.36. The van der Waals surface area contributed by atoms with Gasteiger partial charge in [-0.15, -0.1) is 20.4 Å². The number of nitrogens with one attached hydrogen (secondary N) is 2. The molecule has 0 fully saturated rings. The number of amides is 2. The molecule has 0 atom stereocenters. The zero-order valence-corrected chi connectivity index (χ0v) is 25.8. The first kappa shape index (κ1) is 32.8. The third-order valence-electron chi connectivity index (χ3n) is 7.44. The summed E-state index contributed by atoms with van der Waals surface area (Å²) in [6.45, 7) is 0. The van der Waals surface area contributed by atoms with Gasteiger partial charge in [0.25, 0.3) is 11.8 Å². The minimum Gasteiger partial charge on any atom is -0.478 e. The van der Waals surface area contributed by atoms with Gasteiger partial charge in [0.1, 0.15) is 18.5 Å². The third-order valence-corrected chi connectivity index (χ3v) is 7.44. The quantitative estimate of drug-likeness (QED) is 0.145. The van der Waals surface area contributed by atoms with Crippen molar-refractivity contribution in [2.75, 3.05) is 10.6 Å². The van der Waals surface area contributed by atoms with Gasteiger partial charge < -0.3 is 20.8 Å². The zero-order chi connectivity index (χ0) is 35.2. The maximum Gasteiger partial charge on any atom is 0.337 e. The Morgan fingerprint density at radius 1 is 0.660 bits per heavy atom. The number of carbonyl (C=O) groups excluding carboxylic acids is 2. The molecule has 4 heterocycles. The second-order valence-corrected chi connectivity index (χ2v) is 10.7. The van der Waals surface area contributed by atoms with Crippen LogP contribution in [-0.2, 0) is 12.8 Å². The van der Waals surface area contributed by atoms with Gasteiger partial charge in [-0.1, -0.05) is 6.07 Å². The normalized spacial score (nSPS) is 10.8. The minimum absolute atomic E-state index is 0.0311. The molecule has 16 nitrogen and oxygen atoms in total. The van der Waals surface area contributed by atoms with Crippen LogP contribution in [0.2, 0.25) is 0 Å². The van der Waals surface area contributed by atoms with Crippen LogP contribution < -0.4 is 10.6 Å². The molecule has 0 spiro atoms. The number of benzene rings is 2. The molecule has 6 aromatic rings. The van der Waals surface area contributed by atoms with E-state index in [0.29, 0.717) is 30.0 Å². The van der Waals surface area contributed by atoms with Crippen LogP contribution in [0.3, 0.4) is 0 Å². The molecular weight excluding hydrogens is 651 g/mol. The lowest BCUT2D eigenvalue weighted by Gasteiger charge is -2.13. The minimum atomic E-state index is -1.44. The molecule has 4 aromatic heterocycles. The monoisotopic (exact) mass is 676 g/mol. The number of anilines is 2. The van der Waals surface area contributed by atoms with Gasteiger partial charge in [0, 0.05) is 24.8 Å². The molecule has 2 aromatic carbocycles. The average molecular weight is 677 g/mol. The lowest BCUT2D eigenvalue weighted by atomic mass is 9.99. The van der Waals surface area contributed by atoms with Gasteiger partial charge in [-0.05, 0) is 78.9 Å². The fourth-order valence-electron chi connectivity index (χ4n) is 4.94. The number of aromatic nitrogens is 8. The number of carboxylic acids is 2. The van der Waals surface area contributed by atoms with E-state index in [-0.39, 0.29) is 40.3 Å². The van der Waals surface area contributed by atoms with Crippen LogP contribution >= 0.6 is 0 Å². The van der Waals surface area contributed by atoms with Crippen LogP contribution in [0.5, 0.6) is 0 Å². The van der Waals surface area contributed by atoms with E-state index in [2.05, 4.69) is 41.0 Å². The van der Waals surface area contributed by atoms with Crippen LogP contribution in [0.15, 0.2) is 92.0 Å². The van der Waals surface area contributed by atoms with Crippen molar-refractivity contribution in [2.24, 2.45) is 0 Å². The Morgan fingerprint density at radius 2 is 1.22 bits per heavy atom. The lowest BCUT2D eigenvalue weighted by molar-refractivity contribution is 0.0686. The van der Waals surface area contributed by atoms with E-state index in [1.54, 1.807) is 46.1 Å². The summed E-state index contributed by atoms with van der Waals surface area (Å²) in [5, 5.41) is 40.2. The summed E-state index contributed by atoms with van der Waals surface area (Å²) in [4.78, 5) is 57.5. The van der Waals surface area contributed by atoms with Crippen molar-refractivity contribution < 1.29 is 33.8 Å².